The molecule has 1 saturated heterocycles. The van der Waals surface area contributed by atoms with E-state index in [9.17, 15) is 0 Å². The first kappa shape index (κ1) is 7.42. The quantitative estimate of drug-likeness (QED) is 0.643. The standard InChI is InChI=1S/C7H15NS/c1-9-5-3-7-2-4-8-6-7/h7-8H,2-6H2,1H3/t7-/m0/s1. The van der Waals surface area contributed by atoms with Gasteiger partial charge in [-0.1, -0.05) is 0 Å². The number of thioether (sulfide) groups is 1. The summed E-state index contributed by atoms with van der Waals surface area (Å²) in [6.45, 7) is 2.51. The Kier molecular flexibility index (Phi) is 3.44. The Balaban J connectivity index is 1.98. The molecule has 1 N–H and O–H groups in total. The van der Waals surface area contributed by atoms with Gasteiger partial charge < -0.3 is 5.32 Å². The van der Waals surface area contributed by atoms with Gasteiger partial charge in [-0.3, -0.25) is 0 Å². The third kappa shape index (κ3) is 2.59. The molecular formula is C7H15NS. The number of nitrogens with one attached hydrogen (secondary N) is 1. The van der Waals surface area contributed by atoms with Gasteiger partial charge in [-0.05, 0) is 43.9 Å². The predicted octanol–water partition coefficient (Wildman–Crippen LogP) is 1.35. The average molecular weight is 145 g/mol. The molecule has 1 atom stereocenters. The van der Waals surface area contributed by atoms with Crippen molar-refractivity contribution in [3.8, 4) is 0 Å². The van der Waals surface area contributed by atoms with Crippen LogP contribution < -0.4 is 5.32 Å². The summed E-state index contributed by atoms with van der Waals surface area (Å²) in [6.07, 6.45) is 5.00. The Hall–Kier alpha value is 0.310. The molecule has 0 saturated carbocycles. The van der Waals surface area contributed by atoms with E-state index in [1.54, 1.807) is 0 Å². The molecular weight excluding hydrogens is 130 g/mol. The van der Waals surface area contributed by atoms with E-state index in [1.807, 2.05) is 11.8 Å². The number of rotatable bonds is 3. The minimum atomic E-state index is 0.984. The lowest BCUT2D eigenvalue weighted by Crippen LogP contribution is -2.09. The first-order valence-electron chi connectivity index (χ1n) is 3.63. The molecule has 1 fully saturated rings. The lowest BCUT2D eigenvalue weighted by atomic mass is 10.1. The second-order valence-corrected chi connectivity index (χ2v) is 3.63. The lowest BCUT2D eigenvalue weighted by Gasteiger charge is -2.04. The molecule has 0 radical (unpaired) electrons. The number of hydrogen-bond acceptors (Lipinski definition) is 2. The molecule has 1 heterocycles. The van der Waals surface area contributed by atoms with E-state index in [0.29, 0.717) is 0 Å². The van der Waals surface area contributed by atoms with Crippen LogP contribution in [0.25, 0.3) is 0 Å². The van der Waals surface area contributed by atoms with Gasteiger partial charge in [0.2, 0.25) is 0 Å². The van der Waals surface area contributed by atoms with Crippen molar-refractivity contribution in [3.63, 3.8) is 0 Å². The molecule has 0 aliphatic carbocycles. The zero-order valence-corrected chi connectivity index (χ0v) is 6.84. The molecule has 1 nitrogen and oxygen atoms in total. The van der Waals surface area contributed by atoms with Crippen LogP contribution in [0.3, 0.4) is 0 Å². The second kappa shape index (κ2) is 4.18. The van der Waals surface area contributed by atoms with Crippen LogP contribution in [-0.2, 0) is 0 Å². The summed E-state index contributed by atoms with van der Waals surface area (Å²) in [5.41, 5.74) is 0. The van der Waals surface area contributed by atoms with Crippen LogP contribution in [0.1, 0.15) is 12.8 Å². The molecule has 0 aromatic heterocycles. The summed E-state index contributed by atoms with van der Waals surface area (Å²) in [5.74, 6) is 2.32. The SMILES string of the molecule is CSCC[C@@H]1CCNC1. The minimum absolute atomic E-state index is 0.984. The van der Waals surface area contributed by atoms with Crippen LogP contribution in [0.4, 0.5) is 0 Å². The largest absolute Gasteiger partial charge is 0.316 e. The van der Waals surface area contributed by atoms with Crippen LogP contribution in [-0.4, -0.2) is 25.1 Å². The molecule has 9 heavy (non-hydrogen) atoms. The summed E-state index contributed by atoms with van der Waals surface area (Å²) in [5, 5.41) is 3.37. The Morgan fingerprint density at radius 1 is 1.67 bits per heavy atom. The van der Waals surface area contributed by atoms with Crippen molar-refractivity contribution in [2.45, 2.75) is 12.8 Å². The van der Waals surface area contributed by atoms with Crippen molar-refractivity contribution in [1.29, 1.82) is 0 Å². The van der Waals surface area contributed by atoms with Crippen LogP contribution in [0.15, 0.2) is 0 Å². The van der Waals surface area contributed by atoms with Crippen LogP contribution in [0.2, 0.25) is 0 Å². The zero-order chi connectivity index (χ0) is 6.53. The van der Waals surface area contributed by atoms with Gasteiger partial charge in [-0.25, -0.2) is 0 Å². The maximum Gasteiger partial charge on any atom is -0.00197 e. The van der Waals surface area contributed by atoms with Gasteiger partial charge in [-0.2, -0.15) is 11.8 Å². The summed E-state index contributed by atoms with van der Waals surface area (Å²) in [4.78, 5) is 0. The summed E-state index contributed by atoms with van der Waals surface area (Å²) in [7, 11) is 0. The maximum absolute atomic E-state index is 3.37. The fraction of sp³-hybridized carbons (Fsp3) is 1.00. The second-order valence-electron chi connectivity index (χ2n) is 2.64. The first-order chi connectivity index (χ1) is 4.43. The minimum Gasteiger partial charge on any atom is -0.316 e. The highest BCUT2D eigenvalue weighted by molar-refractivity contribution is 7.98. The predicted molar refractivity (Wildman–Crippen MR) is 44.0 cm³/mol. The molecule has 0 bridgehead atoms. The smallest absolute Gasteiger partial charge is 0.00197 e. The van der Waals surface area contributed by atoms with Gasteiger partial charge in [0.25, 0.3) is 0 Å². The van der Waals surface area contributed by atoms with Gasteiger partial charge >= 0.3 is 0 Å². The van der Waals surface area contributed by atoms with Gasteiger partial charge in [0.05, 0.1) is 0 Å². The Bertz CT molecular complexity index is 69.3. The van der Waals surface area contributed by atoms with Crippen molar-refractivity contribution in [1.82, 2.24) is 5.32 Å². The number of hydrogen-bond donors (Lipinski definition) is 1. The van der Waals surface area contributed by atoms with Gasteiger partial charge in [-0.15, -0.1) is 0 Å². The molecule has 1 aliphatic heterocycles. The molecule has 1 aliphatic rings. The maximum atomic E-state index is 3.37. The molecule has 0 aromatic carbocycles. The van der Waals surface area contributed by atoms with Crippen LogP contribution >= 0.6 is 11.8 Å². The van der Waals surface area contributed by atoms with Crippen molar-refractivity contribution >= 4 is 11.8 Å². The van der Waals surface area contributed by atoms with E-state index < -0.39 is 0 Å². The van der Waals surface area contributed by atoms with E-state index in [1.165, 1.54) is 31.7 Å². The average Bonchev–Trinajstić information content (AvgIpc) is 2.34. The third-order valence-corrected chi connectivity index (χ3v) is 2.54. The van der Waals surface area contributed by atoms with Crippen molar-refractivity contribution < 1.29 is 0 Å². The third-order valence-electron chi connectivity index (χ3n) is 1.89. The lowest BCUT2D eigenvalue weighted by molar-refractivity contribution is 0.568. The fourth-order valence-electron chi connectivity index (χ4n) is 1.25. The normalized spacial score (nSPS) is 27.0. The molecule has 0 spiro atoms. The molecule has 0 unspecified atom stereocenters. The van der Waals surface area contributed by atoms with E-state index in [2.05, 4.69) is 11.6 Å². The Labute approximate surface area is 61.6 Å². The highest BCUT2D eigenvalue weighted by Gasteiger charge is 2.12. The monoisotopic (exact) mass is 145 g/mol. The van der Waals surface area contributed by atoms with E-state index in [0.717, 1.165) is 5.92 Å². The summed E-state index contributed by atoms with van der Waals surface area (Å²) < 4.78 is 0. The van der Waals surface area contributed by atoms with Gasteiger partial charge in [0.1, 0.15) is 0 Å². The van der Waals surface area contributed by atoms with E-state index >= 15 is 0 Å². The molecule has 2 heteroatoms. The van der Waals surface area contributed by atoms with Crippen LogP contribution in [0.5, 0.6) is 0 Å². The van der Waals surface area contributed by atoms with Crippen molar-refractivity contribution in [3.05, 3.63) is 0 Å². The molecule has 54 valence electrons. The summed E-state index contributed by atoms with van der Waals surface area (Å²) in [6, 6.07) is 0. The zero-order valence-electron chi connectivity index (χ0n) is 6.02. The van der Waals surface area contributed by atoms with Crippen molar-refractivity contribution in [2.24, 2.45) is 5.92 Å². The van der Waals surface area contributed by atoms with Crippen molar-refractivity contribution in [2.75, 3.05) is 25.1 Å². The molecule has 1 rings (SSSR count). The first-order valence-corrected chi connectivity index (χ1v) is 5.02. The summed E-state index contributed by atoms with van der Waals surface area (Å²) >= 11 is 1.96. The topological polar surface area (TPSA) is 12.0 Å². The molecule has 0 amide bonds. The van der Waals surface area contributed by atoms with Gasteiger partial charge in [0, 0.05) is 0 Å². The molecule has 0 aromatic rings. The van der Waals surface area contributed by atoms with Crippen LogP contribution in [0, 0.1) is 5.92 Å². The van der Waals surface area contributed by atoms with E-state index in [-0.39, 0.29) is 0 Å². The van der Waals surface area contributed by atoms with Gasteiger partial charge in [0.15, 0.2) is 0 Å². The Morgan fingerprint density at radius 2 is 2.56 bits per heavy atom. The van der Waals surface area contributed by atoms with E-state index in [4.69, 9.17) is 0 Å². The highest BCUT2D eigenvalue weighted by atomic mass is 32.2. The fourth-order valence-corrected chi connectivity index (χ4v) is 1.81. The highest BCUT2D eigenvalue weighted by Crippen LogP contribution is 2.13. The Morgan fingerprint density at radius 3 is 3.11 bits per heavy atom.